The lowest BCUT2D eigenvalue weighted by atomic mass is 9.99. The Morgan fingerprint density at radius 3 is 2.36 bits per heavy atom. The molecule has 9 nitrogen and oxygen atoms in total. The fourth-order valence-electron chi connectivity index (χ4n) is 5.63. The monoisotopic (exact) mass is 612 g/mol. The van der Waals surface area contributed by atoms with Crippen molar-refractivity contribution in [3.63, 3.8) is 0 Å². The minimum atomic E-state index is -0.660. The standard InChI is InChI=1S/C34H37ClN6O3/c1-5-22-8-7-9-23(6-2)31(22)41-30(18-21(3)4)27(33(43)39-17-15-37-29(20-39)32(36)42)19-26(34(41)44)28-14-16-40(38-28)25-12-10-24(35)11-13-25/h7-14,16,18-19,29,37H,5-6,15,17,20H2,1-4H3,(H2,36,42). The third-order valence-corrected chi connectivity index (χ3v) is 8.10. The van der Waals surface area contributed by atoms with E-state index in [0.717, 1.165) is 28.1 Å². The van der Waals surface area contributed by atoms with E-state index in [1.54, 1.807) is 44.6 Å². The molecule has 1 unspecified atom stereocenters. The van der Waals surface area contributed by atoms with Crippen LogP contribution in [0.25, 0.3) is 28.7 Å². The molecule has 2 amide bonds. The van der Waals surface area contributed by atoms with Gasteiger partial charge < -0.3 is 16.0 Å². The molecule has 3 N–H and O–H groups in total. The first kappa shape index (κ1) is 31.0. The van der Waals surface area contributed by atoms with Gasteiger partial charge >= 0.3 is 0 Å². The van der Waals surface area contributed by atoms with Gasteiger partial charge in [-0.3, -0.25) is 19.0 Å². The van der Waals surface area contributed by atoms with Crippen LogP contribution in [0.4, 0.5) is 0 Å². The summed E-state index contributed by atoms with van der Waals surface area (Å²) in [6, 6.07) is 16.0. The number of benzene rings is 2. The Morgan fingerprint density at radius 2 is 1.75 bits per heavy atom. The van der Waals surface area contributed by atoms with Crippen LogP contribution in [-0.4, -0.2) is 56.7 Å². The molecule has 0 saturated carbocycles. The van der Waals surface area contributed by atoms with Gasteiger partial charge in [0.1, 0.15) is 6.04 Å². The number of carbonyl (C=O) groups excluding carboxylic acids is 2. The average Bonchev–Trinajstić information content (AvgIpc) is 3.51. The highest BCUT2D eigenvalue weighted by Gasteiger charge is 2.31. The number of carbonyl (C=O) groups is 2. The number of nitrogens with zero attached hydrogens (tertiary/aromatic N) is 4. The Kier molecular flexibility index (Phi) is 9.17. The molecule has 1 saturated heterocycles. The van der Waals surface area contributed by atoms with Crippen molar-refractivity contribution in [1.29, 1.82) is 0 Å². The van der Waals surface area contributed by atoms with Gasteiger partial charge in [0, 0.05) is 30.9 Å². The number of piperazine rings is 1. The largest absolute Gasteiger partial charge is 0.368 e. The summed E-state index contributed by atoms with van der Waals surface area (Å²) >= 11 is 6.09. The van der Waals surface area contributed by atoms with E-state index >= 15 is 0 Å². The second-order valence-electron chi connectivity index (χ2n) is 11.1. The van der Waals surface area contributed by atoms with Crippen LogP contribution in [0.1, 0.15) is 54.9 Å². The molecule has 0 bridgehead atoms. The number of rotatable bonds is 8. The number of hydrogen-bond donors (Lipinski definition) is 2. The smallest absolute Gasteiger partial charge is 0.265 e. The summed E-state index contributed by atoms with van der Waals surface area (Å²) in [5, 5.41) is 8.44. The number of amides is 2. The van der Waals surface area contributed by atoms with Crippen LogP contribution >= 0.6 is 11.6 Å². The van der Waals surface area contributed by atoms with Gasteiger partial charge in [0.15, 0.2) is 0 Å². The summed E-state index contributed by atoms with van der Waals surface area (Å²) in [5.41, 5.74) is 11.3. The van der Waals surface area contributed by atoms with Gasteiger partial charge in [-0.25, -0.2) is 4.68 Å². The zero-order valence-corrected chi connectivity index (χ0v) is 26.2. The van der Waals surface area contributed by atoms with E-state index in [0.29, 0.717) is 53.5 Å². The van der Waals surface area contributed by atoms with Crippen molar-refractivity contribution in [2.24, 2.45) is 5.73 Å². The number of nitrogens with one attached hydrogen (secondary N) is 1. The summed E-state index contributed by atoms with van der Waals surface area (Å²) in [4.78, 5) is 42.7. The van der Waals surface area contributed by atoms with Crippen LogP contribution in [0.15, 0.2) is 71.2 Å². The van der Waals surface area contributed by atoms with Crippen LogP contribution in [0.3, 0.4) is 0 Å². The van der Waals surface area contributed by atoms with Gasteiger partial charge in [-0.05, 0) is 80.3 Å². The number of hydrogen-bond acceptors (Lipinski definition) is 5. The van der Waals surface area contributed by atoms with Gasteiger partial charge in [0.25, 0.3) is 11.5 Å². The third-order valence-electron chi connectivity index (χ3n) is 7.85. The molecule has 0 spiro atoms. The number of allylic oxidation sites excluding steroid dienone is 1. The Morgan fingerprint density at radius 1 is 1.07 bits per heavy atom. The quantitative estimate of drug-likeness (QED) is 0.297. The van der Waals surface area contributed by atoms with Crippen LogP contribution in [-0.2, 0) is 17.6 Å². The molecule has 3 heterocycles. The molecule has 2 aromatic heterocycles. The SMILES string of the molecule is CCc1cccc(CC)c1-n1c(C=C(C)C)c(C(=O)N2CCNC(C(N)=O)C2)cc(-c2ccn(-c3ccc(Cl)cc3)n2)c1=O. The van der Waals surface area contributed by atoms with E-state index < -0.39 is 11.9 Å². The van der Waals surface area contributed by atoms with E-state index in [1.807, 2.05) is 50.3 Å². The lowest BCUT2D eigenvalue weighted by Gasteiger charge is -2.33. The fraction of sp³-hybridized carbons (Fsp3) is 0.294. The van der Waals surface area contributed by atoms with Crippen molar-refractivity contribution in [2.75, 3.05) is 19.6 Å². The second-order valence-corrected chi connectivity index (χ2v) is 11.6. The molecule has 4 aromatic rings. The zero-order chi connectivity index (χ0) is 31.5. The van der Waals surface area contributed by atoms with Crippen LogP contribution in [0, 0.1) is 0 Å². The molecular weight excluding hydrogens is 576 g/mol. The third kappa shape index (κ3) is 6.11. The van der Waals surface area contributed by atoms with Crippen LogP contribution < -0.4 is 16.6 Å². The maximum absolute atomic E-state index is 14.7. The van der Waals surface area contributed by atoms with Gasteiger partial charge in [-0.2, -0.15) is 5.10 Å². The summed E-state index contributed by atoms with van der Waals surface area (Å²) in [6.45, 7) is 8.93. The predicted molar refractivity (Wildman–Crippen MR) is 175 cm³/mol. The van der Waals surface area contributed by atoms with E-state index in [-0.39, 0.29) is 18.0 Å². The minimum absolute atomic E-state index is 0.133. The number of primary amides is 1. The minimum Gasteiger partial charge on any atom is -0.368 e. The van der Waals surface area contributed by atoms with Crippen LogP contribution in [0.5, 0.6) is 0 Å². The Bertz CT molecular complexity index is 1780. The molecule has 1 aliphatic heterocycles. The van der Waals surface area contributed by atoms with Crippen molar-refractivity contribution >= 4 is 29.5 Å². The average molecular weight is 613 g/mol. The molecule has 44 heavy (non-hydrogen) atoms. The van der Waals surface area contributed by atoms with Gasteiger partial charge in [0.2, 0.25) is 5.91 Å². The molecular formula is C34H37ClN6O3. The van der Waals surface area contributed by atoms with E-state index in [1.165, 1.54) is 0 Å². The number of para-hydroxylation sites is 1. The van der Waals surface area contributed by atoms with Crippen molar-refractivity contribution in [1.82, 2.24) is 24.6 Å². The van der Waals surface area contributed by atoms with Gasteiger partial charge in [0.05, 0.1) is 33.9 Å². The number of nitrogens with two attached hydrogens (primary N) is 1. The molecule has 5 rings (SSSR count). The Balaban J connectivity index is 1.80. The highest BCUT2D eigenvalue weighted by atomic mass is 35.5. The molecule has 2 aromatic carbocycles. The maximum atomic E-state index is 14.7. The van der Waals surface area contributed by atoms with E-state index in [9.17, 15) is 14.4 Å². The summed E-state index contributed by atoms with van der Waals surface area (Å²) in [7, 11) is 0. The first-order valence-corrected chi connectivity index (χ1v) is 15.2. The molecule has 0 aliphatic carbocycles. The molecule has 1 atom stereocenters. The van der Waals surface area contributed by atoms with Crippen molar-refractivity contribution in [2.45, 2.75) is 46.6 Å². The number of aromatic nitrogens is 3. The number of halogens is 1. The molecule has 1 fully saturated rings. The lowest BCUT2D eigenvalue weighted by molar-refractivity contribution is -0.120. The summed E-state index contributed by atoms with van der Waals surface area (Å²) in [5.74, 6) is -0.806. The Hall–Kier alpha value is -4.47. The van der Waals surface area contributed by atoms with Crippen LogP contribution in [0.2, 0.25) is 5.02 Å². The Labute approximate surface area is 261 Å². The van der Waals surface area contributed by atoms with Gasteiger partial charge in [-0.1, -0.05) is 49.2 Å². The predicted octanol–water partition coefficient (Wildman–Crippen LogP) is 4.79. The molecule has 1 aliphatic rings. The maximum Gasteiger partial charge on any atom is 0.265 e. The van der Waals surface area contributed by atoms with E-state index in [2.05, 4.69) is 19.2 Å². The van der Waals surface area contributed by atoms with Gasteiger partial charge in [-0.15, -0.1) is 0 Å². The molecule has 228 valence electrons. The van der Waals surface area contributed by atoms with E-state index in [4.69, 9.17) is 22.4 Å². The number of aryl methyl sites for hydroxylation is 2. The molecule has 10 heteroatoms. The summed E-state index contributed by atoms with van der Waals surface area (Å²) < 4.78 is 3.36. The first-order valence-electron chi connectivity index (χ1n) is 14.8. The van der Waals surface area contributed by atoms with Crippen molar-refractivity contribution < 1.29 is 9.59 Å². The lowest BCUT2D eigenvalue weighted by Crippen LogP contribution is -2.57. The first-order chi connectivity index (χ1) is 21.1. The van der Waals surface area contributed by atoms with Crippen molar-refractivity contribution in [3.05, 3.63) is 104 Å². The number of pyridine rings is 1. The molecule has 0 radical (unpaired) electrons. The van der Waals surface area contributed by atoms with Crippen molar-refractivity contribution in [3.8, 4) is 22.6 Å². The fourth-order valence-corrected chi connectivity index (χ4v) is 5.75. The zero-order valence-electron chi connectivity index (χ0n) is 25.4. The normalized spacial score (nSPS) is 14.8. The summed E-state index contributed by atoms with van der Waals surface area (Å²) in [6.07, 6.45) is 5.05. The highest BCUT2D eigenvalue weighted by Crippen LogP contribution is 2.29. The second kappa shape index (κ2) is 13.0. The highest BCUT2D eigenvalue weighted by molar-refractivity contribution is 6.30. The topological polar surface area (TPSA) is 115 Å².